The molecule has 1 fully saturated rings. The standard InChI is InChI=1S/C19H17NO/c21-19(16-8-4-5-11-20-16)18-15-10-9-14(12-15)17(18)13-6-2-1-3-7-13/h1-11,14-15,17-18H,12H2/t14-,15+,17+,18+/m1/s1. The molecule has 2 aromatic rings. The lowest BCUT2D eigenvalue weighted by Gasteiger charge is -2.27. The van der Waals surface area contributed by atoms with E-state index in [9.17, 15) is 4.79 Å². The van der Waals surface area contributed by atoms with Crippen molar-refractivity contribution in [1.29, 1.82) is 0 Å². The van der Waals surface area contributed by atoms with Gasteiger partial charge in [-0.05, 0) is 36.0 Å². The van der Waals surface area contributed by atoms with Gasteiger partial charge in [-0.2, -0.15) is 0 Å². The Labute approximate surface area is 124 Å². The van der Waals surface area contributed by atoms with E-state index in [-0.39, 0.29) is 11.7 Å². The van der Waals surface area contributed by atoms with E-state index in [2.05, 4.69) is 41.4 Å². The van der Waals surface area contributed by atoms with Gasteiger partial charge in [0.2, 0.25) is 0 Å². The van der Waals surface area contributed by atoms with E-state index in [0.29, 0.717) is 23.4 Å². The van der Waals surface area contributed by atoms with Crippen LogP contribution < -0.4 is 0 Å². The zero-order valence-electron chi connectivity index (χ0n) is 11.7. The van der Waals surface area contributed by atoms with Crippen LogP contribution in [0.5, 0.6) is 0 Å². The van der Waals surface area contributed by atoms with E-state index in [1.165, 1.54) is 5.56 Å². The molecule has 1 aromatic heterocycles. The summed E-state index contributed by atoms with van der Waals surface area (Å²) in [4.78, 5) is 17.2. The van der Waals surface area contributed by atoms with Gasteiger partial charge in [0.15, 0.2) is 5.78 Å². The van der Waals surface area contributed by atoms with Crippen molar-refractivity contribution in [3.63, 3.8) is 0 Å². The van der Waals surface area contributed by atoms with E-state index in [4.69, 9.17) is 0 Å². The molecule has 0 amide bonds. The summed E-state index contributed by atoms with van der Waals surface area (Å²) in [6, 6.07) is 16.0. The summed E-state index contributed by atoms with van der Waals surface area (Å²) in [6.45, 7) is 0. The number of aromatic nitrogens is 1. The third-order valence-corrected chi connectivity index (χ3v) is 4.86. The average molecular weight is 275 g/mol. The van der Waals surface area contributed by atoms with E-state index < -0.39 is 0 Å². The zero-order valence-corrected chi connectivity index (χ0v) is 11.7. The Morgan fingerprint density at radius 1 is 0.952 bits per heavy atom. The zero-order chi connectivity index (χ0) is 14.2. The number of Topliss-reactive ketones (excluding diaryl/α,β-unsaturated/α-hetero) is 1. The topological polar surface area (TPSA) is 30.0 Å². The number of allylic oxidation sites excluding steroid dienone is 2. The van der Waals surface area contributed by atoms with Crippen molar-refractivity contribution >= 4 is 5.78 Å². The minimum Gasteiger partial charge on any atom is -0.292 e. The maximum atomic E-state index is 12.9. The summed E-state index contributed by atoms with van der Waals surface area (Å²) in [6.07, 6.45) is 7.33. The van der Waals surface area contributed by atoms with Crippen LogP contribution in [0.2, 0.25) is 0 Å². The Morgan fingerprint density at radius 2 is 1.71 bits per heavy atom. The first-order chi connectivity index (χ1) is 10.3. The van der Waals surface area contributed by atoms with Crippen LogP contribution in [0.25, 0.3) is 0 Å². The molecule has 2 aliphatic rings. The van der Waals surface area contributed by atoms with Gasteiger partial charge in [0.05, 0.1) is 0 Å². The molecule has 21 heavy (non-hydrogen) atoms. The number of fused-ring (bicyclic) bond motifs is 2. The highest BCUT2D eigenvalue weighted by atomic mass is 16.1. The number of pyridine rings is 1. The minimum absolute atomic E-state index is 0.0392. The third-order valence-electron chi connectivity index (χ3n) is 4.86. The van der Waals surface area contributed by atoms with Crippen LogP contribution >= 0.6 is 0 Å². The smallest absolute Gasteiger partial charge is 0.185 e. The van der Waals surface area contributed by atoms with Crippen LogP contribution in [-0.2, 0) is 0 Å². The molecule has 4 rings (SSSR count). The van der Waals surface area contributed by atoms with Crippen molar-refractivity contribution in [2.45, 2.75) is 12.3 Å². The van der Waals surface area contributed by atoms with Gasteiger partial charge in [0.25, 0.3) is 0 Å². The second-order valence-corrected chi connectivity index (χ2v) is 5.99. The Bertz CT molecular complexity index is 677. The quantitative estimate of drug-likeness (QED) is 0.628. The number of benzene rings is 1. The first kappa shape index (κ1) is 12.5. The number of ketones is 1. The Hall–Kier alpha value is -2.22. The van der Waals surface area contributed by atoms with Crippen LogP contribution in [0.1, 0.15) is 28.4 Å². The number of rotatable bonds is 3. The van der Waals surface area contributed by atoms with Gasteiger partial charge in [-0.3, -0.25) is 9.78 Å². The maximum absolute atomic E-state index is 12.9. The molecule has 1 saturated carbocycles. The average Bonchev–Trinajstić information content (AvgIpc) is 3.17. The second-order valence-electron chi connectivity index (χ2n) is 5.99. The van der Waals surface area contributed by atoms with Crippen molar-refractivity contribution in [3.05, 3.63) is 78.1 Å². The fraction of sp³-hybridized carbons (Fsp3) is 0.263. The molecule has 2 bridgehead atoms. The van der Waals surface area contributed by atoms with Crippen LogP contribution in [0.15, 0.2) is 66.9 Å². The predicted molar refractivity (Wildman–Crippen MR) is 82.0 cm³/mol. The largest absolute Gasteiger partial charge is 0.292 e. The van der Waals surface area contributed by atoms with Gasteiger partial charge in [0, 0.05) is 18.0 Å². The Morgan fingerprint density at radius 3 is 2.48 bits per heavy atom. The minimum atomic E-state index is 0.0392. The predicted octanol–water partition coefficient (Wildman–Crippen LogP) is 3.87. The molecular weight excluding hydrogens is 258 g/mol. The van der Waals surface area contributed by atoms with Gasteiger partial charge in [-0.25, -0.2) is 0 Å². The molecule has 0 radical (unpaired) electrons. The van der Waals surface area contributed by atoms with Crippen LogP contribution in [-0.4, -0.2) is 10.8 Å². The summed E-state index contributed by atoms with van der Waals surface area (Å²) in [5, 5.41) is 0. The molecular formula is C19H17NO. The third kappa shape index (κ3) is 2.02. The summed E-state index contributed by atoms with van der Waals surface area (Å²) < 4.78 is 0. The SMILES string of the molecule is O=C(c1ccccn1)[C@@H]1[C@@H](c2ccccc2)[C@@H]2C=C[C@H]1C2. The van der Waals surface area contributed by atoms with Crippen molar-refractivity contribution in [1.82, 2.24) is 4.98 Å². The van der Waals surface area contributed by atoms with Gasteiger partial charge in [-0.1, -0.05) is 48.6 Å². The second kappa shape index (κ2) is 4.96. The molecule has 0 N–H and O–H groups in total. The summed E-state index contributed by atoms with van der Waals surface area (Å²) in [5.74, 6) is 1.40. The molecule has 0 spiro atoms. The molecule has 0 aliphatic heterocycles. The van der Waals surface area contributed by atoms with E-state index in [0.717, 1.165) is 6.42 Å². The highest BCUT2D eigenvalue weighted by Gasteiger charge is 2.48. The van der Waals surface area contributed by atoms with Crippen LogP contribution in [0.3, 0.4) is 0 Å². The maximum Gasteiger partial charge on any atom is 0.185 e. The van der Waals surface area contributed by atoms with Crippen LogP contribution in [0.4, 0.5) is 0 Å². The molecule has 1 aromatic carbocycles. The molecule has 2 aliphatic carbocycles. The van der Waals surface area contributed by atoms with Gasteiger partial charge in [-0.15, -0.1) is 0 Å². The molecule has 4 atom stereocenters. The van der Waals surface area contributed by atoms with Gasteiger partial charge >= 0.3 is 0 Å². The summed E-state index contributed by atoms with van der Waals surface area (Å²) in [5.41, 5.74) is 1.88. The van der Waals surface area contributed by atoms with Crippen molar-refractivity contribution in [2.24, 2.45) is 17.8 Å². The molecule has 104 valence electrons. The lowest BCUT2D eigenvalue weighted by atomic mass is 9.75. The molecule has 0 saturated heterocycles. The number of hydrogen-bond acceptors (Lipinski definition) is 2. The van der Waals surface area contributed by atoms with Crippen molar-refractivity contribution in [3.8, 4) is 0 Å². The van der Waals surface area contributed by atoms with Crippen molar-refractivity contribution in [2.75, 3.05) is 0 Å². The summed E-state index contributed by atoms with van der Waals surface area (Å²) in [7, 11) is 0. The lowest BCUT2D eigenvalue weighted by molar-refractivity contribution is 0.0881. The fourth-order valence-electron chi connectivity index (χ4n) is 3.99. The fourth-order valence-corrected chi connectivity index (χ4v) is 3.99. The number of carbonyl (C=O) groups excluding carboxylic acids is 1. The molecule has 2 heteroatoms. The van der Waals surface area contributed by atoms with Crippen molar-refractivity contribution < 1.29 is 4.79 Å². The molecule has 0 unspecified atom stereocenters. The normalized spacial score (nSPS) is 29.7. The number of hydrogen-bond donors (Lipinski definition) is 0. The van der Waals surface area contributed by atoms with E-state index in [1.807, 2.05) is 24.3 Å². The van der Waals surface area contributed by atoms with Crippen LogP contribution in [0, 0.1) is 17.8 Å². The van der Waals surface area contributed by atoms with Gasteiger partial charge in [0.1, 0.15) is 5.69 Å². The molecule has 2 nitrogen and oxygen atoms in total. The Kier molecular flexibility index (Phi) is 2.95. The monoisotopic (exact) mass is 275 g/mol. The first-order valence-corrected chi connectivity index (χ1v) is 7.53. The van der Waals surface area contributed by atoms with E-state index >= 15 is 0 Å². The lowest BCUT2D eigenvalue weighted by Crippen LogP contribution is -2.27. The summed E-state index contributed by atoms with van der Waals surface area (Å²) >= 11 is 0. The van der Waals surface area contributed by atoms with E-state index in [1.54, 1.807) is 6.20 Å². The highest BCUT2D eigenvalue weighted by molar-refractivity contribution is 5.97. The highest BCUT2D eigenvalue weighted by Crippen LogP contribution is 2.53. The number of nitrogens with zero attached hydrogens (tertiary/aromatic N) is 1. The van der Waals surface area contributed by atoms with Gasteiger partial charge < -0.3 is 0 Å². The molecule has 1 heterocycles. The Balaban J connectivity index is 1.73. The first-order valence-electron chi connectivity index (χ1n) is 7.53. The number of carbonyl (C=O) groups is 1.